The molecule has 0 saturated carbocycles. The van der Waals surface area contributed by atoms with Crippen LogP contribution >= 0.6 is 0 Å². The van der Waals surface area contributed by atoms with Crippen LogP contribution in [0.5, 0.6) is 5.75 Å². The first-order valence-corrected chi connectivity index (χ1v) is 12.7. The number of hydrogen-bond acceptors (Lipinski definition) is 4. The Bertz CT molecular complexity index is 1400. The largest absolute Gasteiger partial charge is 0.497 e. The van der Waals surface area contributed by atoms with Crippen molar-refractivity contribution in [1.82, 2.24) is 19.4 Å². The highest BCUT2D eigenvalue weighted by Crippen LogP contribution is 2.30. The van der Waals surface area contributed by atoms with Gasteiger partial charge in [-0.25, -0.2) is 9.37 Å². The standard InChI is InChI=1S/C29H30F4N4O/c1-38-24-10-11-25(30)22(17-24)19-35-12-5-13-36(15-14-35)20-28-34-26-8-2-3-9-27(26)37(28)18-21-6-4-7-23(16-21)29(31,32)33/h2-4,6-11,16-17H,5,12-15,18-20H2,1H3. The lowest BCUT2D eigenvalue weighted by Crippen LogP contribution is -2.31. The second-order valence-corrected chi connectivity index (χ2v) is 9.66. The molecule has 0 atom stereocenters. The van der Waals surface area contributed by atoms with Crippen molar-refractivity contribution in [3.63, 3.8) is 0 Å². The van der Waals surface area contributed by atoms with E-state index in [1.54, 1.807) is 25.3 Å². The number of fused-ring (bicyclic) bond motifs is 1. The Hall–Kier alpha value is -3.43. The summed E-state index contributed by atoms with van der Waals surface area (Å²) < 4.78 is 61.5. The van der Waals surface area contributed by atoms with Crippen molar-refractivity contribution in [2.24, 2.45) is 0 Å². The second-order valence-electron chi connectivity index (χ2n) is 9.66. The summed E-state index contributed by atoms with van der Waals surface area (Å²) in [6.07, 6.45) is -3.47. The van der Waals surface area contributed by atoms with Gasteiger partial charge in [0.15, 0.2) is 0 Å². The van der Waals surface area contributed by atoms with Crippen LogP contribution in [0.25, 0.3) is 11.0 Å². The molecule has 1 aliphatic heterocycles. The predicted octanol–water partition coefficient (Wildman–Crippen LogP) is 5.96. The Kier molecular flexibility index (Phi) is 7.67. The SMILES string of the molecule is COc1ccc(F)c(CN2CCCN(Cc3nc4ccccc4n3Cc3cccc(C(F)(F)F)c3)CC2)c1. The number of nitrogens with zero attached hydrogens (tertiary/aromatic N) is 4. The predicted molar refractivity (Wildman–Crippen MR) is 138 cm³/mol. The summed E-state index contributed by atoms with van der Waals surface area (Å²) in [6.45, 7) is 4.62. The number of benzene rings is 3. The lowest BCUT2D eigenvalue weighted by Gasteiger charge is -2.22. The fraction of sp³-hybridized carbons (Fsp3) is 0.345. The van der Waals surface area contributed by atoms with E-state index in [2.05, 4.69) is 9.80 Å². The maximum absolute atomic E-state index is 14.4. The van der Waals surface area contributed by atoms with Gasteiger partial charge in [0.2, 0.25) is 0 Å². The summed E-state index contributed by atoms with van der Waals surface area (Å²) >= 11 is 0. The molecule has 0 unspecified atom stereocenters. The van der Waals surface area contributed by atoms with Gasteiger partial charge < -0.3 is 9.30 Å². The molecule has 4 aromatic rings. The van der Waals surface area contributed by atoms with E-state index in [9.17, 15) is 17.6 Å². The van der Waals surface area contributed by atoms with Crippen molar-refractivity contribution in [3.8, 4) is 5.75 Å². The molecule has 3 aromatic carbocycles. The molecule has 38 heavy (non-hydrogen) atoms. The molecule has 1 aromatic heterocycles. The first kappa shape index (κ1) is 26.2. The van der Waals surface area contributed by atoms with E-state index in [1.165, 1.54) is 18.2 Å². The third-order valence-corrected chi connectivity index (χ3v) is 7.02. The first-order valence-electron chi connectivity index (χ1n) is 12.7. The summed E-state index contributed by atoms with van der Waals surface area (Å²) in [6, 6.07) is 18.0. The van der Waals surface area contributed by atoms with Gasteiger partial charge in [-0.15, -0.1) is 0 Å². The Morgan fingerprint density at radius 2 is 1.61 bits per heavy atom. The monoisotopic (exact) mass is 526 g/mol. The van der Waals surface area contributed by atoms with E-state index in [1.807, 2.05) is 28.8 Å². The minimum Gasteiger partial charge on any atom is -0.497 e. The van der Waals surface area contributed by atoms with Crippen LogP contribution in [0.2, 0.25) is 0 Å². The average molecular weight is 527 g/mol. The third-order valence-electron chi connectivity index (χ3n) is 7.02. The van der Waals surface area contributed by atoms with Crippen LogP contribution in [0.15, 0.2) is 66.7 Å². The molecule has 1 saturated heterocycles. The van der Waals surface area contributed by atoms with Gasteiger partial charge in [-0.3, -0.25) is 9.80 Å². The number of para-hydroxylation sites is 2. The van der Waals surface area contributed by atoms with E-state index in [0.29, 0.717) is 36.5 Å². The van der Waals surface area contributed by atoms with Crippen LogP contribution in [0.1, 0.15) is 28.9 Å². The molecule has 0 spiro atoms. The van der Waals surface area contributed by atoms with Gasteiger partial charge >= 0.3 is 6.18 Å². The number of alkyl halides is 3. The highest BCUT2D eigenvalue weighted by molar-refractivity contribution is 5.76. The van der Waals surface area contributed by atoms with Gasteiger partial charge in [0.1, 0.15) is 17.4 Å². The van der Waals surface area contributed by atoms with Gasteiger partial charge in [0, 0.05) is 31.7 Å². The molecule has 0 N–H and O–H groups in total. The zero-order valence-electron chi connectivity index (χ0n) is 21.2. The van der Waals surface area contributed by atoms with Crippen molar-refractivity contribution < 1.29 is 22.3 Å². The number of methoxy groups -OCH3 is 1. The number of ether oxygens (including phenoxy) is 1. The average Bonchev–Trinajstić information content (AvgIpc) is 3.08. The molecule has 1 fully saturated rings. The Labute approximate surface area is 219 Å². The number of hydrogen-bond donors (Lipinski definition) is 0. The molecular weight excluding hydrogens is 496 g/mol. The van der Waals surface area contributed by atoms with Crippen molar-refractivity contribution in [2.45, 2.75) is 32.2 Å². The summed E-state index contributed by atoms with van der Waals surface area (Å²) in [5, 5.41) is 0. The molecule has 200 valence electrons. The van der Waals surface area contributed by atoms with Gasteiger partial charge in [0.25, 0.3) is 0 Å². The summed E-state index contributed by atoms with van der Waals surface area (Å²) in [4.78, 5) is 9.40. The van der Waals surface area contributed by atoms with Crippen LogP contribution in [0.4, 0.5) is 17.6 Å². The fourth-order valence-corrected chi connectivity index (χ4v) is 5.03. The van der Waals surface area contributed by atoms with Crippen molar-refractivity contribution >= 4 is 11.0 Å². The third kappa shape index (κ3) is 6.00. The number of aromatic nitrogens is 2. The van der Waals surface area contributed by atoms with Gasteiger partial charge in [-0.05, 0) is 67.5 Å². The van der Waals surface area contributed by atoms with Crippen molar-refractivity contribution in [3.05, 3.63) is 95.1 Å². The summed E-state index contributed by atoms with van der Waals surface area (Å²) in [5.41, 5.74) is 2.25. The summed E-state index contributed by atoms with van der Waals surface area (Å²) in [7, 11) is 1.57. The minimum atomic E-state index is -4.39. The number of imidazole rings is 1. The van der Waals surface area contributed by atoms with Crippen LogP contribution < -0.4 is 4.74 Å². The molecule has 9 heteroatoms. The van der Waals surface area contributed by atoms with E-state index in [-0.39, 0.29) is 5.82 Å². The van der Waals surface area contributed by atoms with Gasteiger partial charge in [-0.1, -0.05) is 24.3 Å². The molecule has 5 nitrogen and oxygen atoms in total. The van der Waals surface area contributed by atoms with Crippen molar-refractivity contribution in [1.29, 1.82) is 0 Å². The normalized spacial score (nSPS) is 15.6. The lowest BCUT2D eigenvalue weighted by molar-refractivity contribution is -0.137. The fourth-order valence-electron chi connectivity index (χ4n) is 5.03. The Morgan fingerprint density at radius 1 is 0.842 bits per heavy atom. The molecule has 0 radical (unpaired) electrons. The second kappa shape index (κ2) is 11.1. The number of rotatable bonds is 7. The smallest absolute Gasteiger partial charge is 0.416 e. The van der Waals surface area contributed by atoms with Crippen LogP contribution in [0.3, 0.4) is 0 Å². The number of halogens is 4. The van der Waals surface area contributed by atoms with E-state index in [4.69, 9.17) is 9.72 Å². The highest BCUT2D eigenvalue weighted by atomic mass is 19.4. The first-order chi connectivity index (χ1) is 18.3. The molecule has 0 bridgehead atoms. The van der Waals surface area contributed by atoms with Gasteiger partial charge in [-0.2, -0.15) is 13.2 Å². The zero-order chi connectivity index (χ0) is 26.7. The minimum absolute atomic E-state index is 0.241. The van der Waals surface area contributed by atoms with Crippen LogP contribution in [-0.4, -0.2) is 52.6 Å². The highest BCUT2D eigenvalue weighted by Gasteiger charge is 2.30. The maximum Gasteiger partial charge on any atom is 0.416 e. The molecule has 0 aliphatic carbocycles. The van der Waals surface area contributed by atoms with Crippen LogP contribution in [0, 0.1) is 5.82 Å². The van der Waals surface area contributed by atoms with E-state index in [0.717, 1.165) is 55.5 Å². The molecule has 0 amide bonds. The zero-order valence-corrected chi connectivity index (χ0v) is 21.2. The van der Waals surface area contributed by atoms with E-state index >= 15 is 0 Å². The Morgan fingerprint density at radius 3 is 2.37 bits per heavy atom. The molecule has 5 rings (SSSR count). The molecule has 1 aliphatic rings. The summed E-state index contributed by atoms with van der Waals surface area (Å²) in [5.74, 6) is 1.21. The van der Waals surface area contributed by atoms with E-state index < -0.39 is 11.7 Å². The van der Waals surface area contributed by atoms with Gasteiger partial charge in [0.05, 0.1) is 30.3 Å². The molecule has 2 heterocycles. The van der Waals surface area contributed by atoms with Crippen molar-refractivity contribution in [2.75, 3.05) is 33.3 Å². The lowest BCUT2D eigenvalue weighted by atomic mass is 10.1. The quantitative estimate of drug-likeness (QED) is 0.279. The molecular formula is C29H30F4N4O. The van der Waals surface area contributed by atoms with Crippen LogP contribution in [-0.2, 0) is 25.8 Å². The Balaban J connectivity index is 1.32. The topological polar surface area (TPSA) is 33.5 Å². The maximum atomic E-state index is 14.4.